The van der Waals surface area contributed by atoms with Crippen LogP contribution in [0.3, 0.4) is 0 Å². The first-order valence-corrected chi connectivity index (χ1v) is 6.83. The minimum atomic E-state index is 0.675. The van der Waals surface area contributed by atoms with Gasteiger partial charge >= 0.3 is 0 Å². The summed E-state index contributed by atoms with van der Waals surface area (Å²) in [5.74, 6) is 0.775. The molecule has 3 rings (SSSR count). The third-order valence-electron chi connectivity index (χ3n) is 3.27. The van der Waals surface area contributed by atoms with E-state index in [1.165, 1.54) is 17.5 Å². The Morgan fingerprint density at radius 3 is 2.71 bits per heavy atom. The van der Waals surface area contributed by atoms with Crippen molar-refractivity contribution in [3.63, 3.8) is 0 Å². The molecule has 0 fully saturated rings. The van der Waals surface area contributed by atoms with Crippen molar-refractivity contribution < 1.29 is 0 Å². The van der Waals surface area contributed by atoms with Crippen molar-refractivity contribution in [1.29, 1.82) is 0 Å². The van der Waals surface area contributed by atoms with Gasteiger partial charge in [0, 0.05) is 13.1 Å². The standard InChI is InChI=1S/C15H18N6/c1-21(2)8-12-6-4-3-5-11(12)7-16-14-13-15(18-9-17-13)20-10-19-14/h3-6,9-10H,7-8H2,1-2H3,(H2,16,17,18,19,20). The second kappa shape index (κ2) is 5.88. The second-order valence-corrected chi connectivity index (χ2v) is 5.18. The molecule has 108 valence electrons. The van der Waals surface area contributed by atoms with Crippen LogP contribution in [-0.2, 0) is 13.1 Å². The van der Waals surface area contributed by atoms with Gasteiger partial charge in [-0.3, -0.25) is 0 Å². The van der Waals surface area contributed by atoms with E-state index in [4.69, 9.17) is 0 Å². The first kappa shape index (κ1) is 13.5. The van der Waals surface area contributed by atoms with Crippen molar-refractivity contribution in [2.75, 3.05) is 19.4 Å². The maximum Gasteiger partial charge on any atom is 0.182 e. The average molecular weight is 282 g/mol. The highest BCUT2D eigenvalue weighted by Gasteiger charge is 2.07. The van der Waals surface area contributed by atoms with E-state index in [1.807, 2.05) is 0 Å². The fourth-order valence-electron chi connectivity index (χ4n) is 2.30. The van der Waals surface area contributed by atoms with E-state index in [0.29, 0.717) is 5.65 Å². The van der Waals surface area contributed by atoms with Gasteiger partial charge in [-0.2, -0.15) is 0 Å². The summed E-state index contributed by atoms with van der Waals surface area (Å²) in [5.41, 5.74) is 4.08. The number of nitrogens with zero attached hydrogens (tertiary/aromatic N) is 4. The van der Waals surface area contributed by atoms with Gasteiger partial charge in [0.1, 0.15) is 11.8 Å². The molecule has 2 aromatic heterocycles. The van der Waals surface area contributed by atoms with Crippen LogP contribution in [0, 0.1) is 0 Å². The van der Waals surface area contributed by atoms with E-state index in [0.717, 1.165) is 24.4 Å². The van der Waals surface area contributed by atoms with Crippen LogP contribution in [0.1, 0.15) is 11.1 Å². The molecule has 0 spiro atoms. The topological polar surface area (TPSA) is 69.7 Å². The zero-order valence-electron chi connectivity index (χ0n) is 12.2. The molecule has 0 atom stereocenters. The van der Waals surface area contributed by atoms with Gasteiger partial charge in [0.25, 0.3) is 0 Å². The predicted molar refractivity (Wildman–Crippen MR) is 82.8 cm³/mol. The Morgan fingerprint density at radius 2 is 1.90 bits per heavy atom. The van der Waals surface area contributed by atoms with Crippen LogP contribution in [-0.4, -0.2) is 38.9 Å². The SMILES string of the molecule is CN(C)Cc1ccccc1CNc1ncnc2nc[nH]c12. The van der Waals surface area contributed by atoms with Crippen LogP contribution in [0.2, 0.25) is 0 Å². The van der Waals surface area contributed by atoms with Crippen molar-refractivity contribution in [2.24, 2.45) is 0 Å². The van der Waals surface area contributed by atoms with E-state index in [2.05, 4.69) is 68.5 Å². The van der Waals surface area contributed by atoms with Crippen molar-refractivity contribution in [3.8, 4) is 0 Å². The molecule has 6 heteroatoms. The number of rotatable bonds is 5. The molecule has 21 heavy (non-hydrogen) atoms. The molecule has 0 saturated heterocycles. The van der Waals surface area contributed by atoms with E-state index in [1.54, 1.807) is 6.33 Å². The second-order valence-electron chi connectivity index (χ2n) is 5.18. The maximum absolute atomic E-state index is 4.28. The van der Waals surface area contributed by atoms with Crippen molar-refractivity contribution >= 4 is 17.0 Å². The highest BCUT2D eigenvalue weighted by atomic mass is 15.1. The molecule has 0 unspecified atom stereocenters. The molecule has 0 bridgehead atoms. The Labute approximate surface area is 123 Å². The average Bonchev–Trinajstić information content (AvgIpc) is 2.95. The zero-order chi connectivity index (χ0) is 14.7. The molecule has 2 heterocycles. The van der Waals surface area contributed by atoms with Crippen LogP contribution in [0.4, 0.5) is 5.82 Å². The number of fused-ring (bicyclic) bond motifs is 1. The van der Waals surface area contributed by atoms with Gasteiger partial charge in [-0.15, -0.1) is 0 Å². The fraction of sp³-hybridized carbons (Fsp3) is 0.267. The first-order valence-electron chi connectivity index (χ1n) is 6.83. The fourth-order valence-corrected chi connectivity index (χ4v) is 2.30. The number of aromatic amines is 1. The number of hydrogen-bond acceptors (Lipinski definition) is 5. The number of hydrogen-bond donors (Lipinski definition) is 2. The van der Waals surface area contributed by atoms with Crippen LogP contribution < -0.4 is 5.32 Å². The maximum atomic E-state index is 4.28. The normalized spacial score (nSPS) is 11.2. The Kier molecular flexibility index (Phi) is 3.79. The Bertz CT molecular complexity index is 734. The summed E-state index contributed by atoms with van der Waals surface area (Å²) < 4.78 is 0. The molecule has 2 N–H and O–H groups in total. The third-order valence-corrected chi connectivity index (χ3v) is 3.27. The summed E-state index contributed by atoms with van der Waals surface area (Å²) in [6.45, 7) is 1.64. The van der Waals surface area contributed by atoms with Crippen molar-refractivity contribution in [1.82, 2.24) is 24.8 Å². The van der Waals surface area contributed by atoms with E-state index < -0.39 is 0 Å². The molecule has 1 aromatic carbocycles. The van der Waals surface area contributed by atoms with Crippen LogP contribution in [0.25, 0.3) is 11.2 Å². The summed E-state index contributed by atoms with van der Waals surface area (Å²) in [7, 11) is 4.14. The lowest BCUT2D eigenvalue weighted by molar-refractivity contribution is 0.401. The molecular weight excluding hydrogens is 264 g/mol. The number of aromatic nitrogens is 4. The van der Waals surface area contributed by atoms with Crippen molar-refractivity contribution in [3.05, 3.63) is 48.0 Å². The highest BCUT2D eigenvalue weighted by molar-refractivity contribution is 5.81. The Hall–Kier alpha value is -2.47. The third kappa shape index (κ3) is 3.00. The summed E-state index contributed by atoms with van der Waals surface area (Å²) >= 11 is 0. The van der Waals surface area contributed by atoms with E-state index >= 15 is 0 Å². The summed E-state index contributed by atoms with van der Waals surface area (Å²) in [4.78, 5) is 17.8. The number of H-pyrrole nitrogens is 1. The molecule has 3 aromatic rings. The zero-order valence-corrected chi connectivity index (χ0v) is 12.2. The van der Waals surface area contributed by atoms with E-state index in [9.17, 15) is 0 Å². The summed E-state index contributed by atoms with van der Waals surface area (Å²) in [6.07, 6.45) is 3.15. The summed E-state index contributed by atoms with van der Waals surface area (Å²) in [5, 5.41) is 3.36. The van der Waals surface area contributed by atoms with Crippen molar-refractivity contribution in [2.45, 2.75) is 13.1 Å². The Morgan fingerprint density at radius 1 is 1.10 bits per heavy atom. The number of anilines is 1. The largest absolute Gasteiger partial charge is 0.364 e. The molecule has 0 amide bonds. The lowest BCUT2D eigenvalue weighted by Crippen LogP contribution is -2.13. The van der Waals surface area contributed by atoms with Crippen LogP contribution in [0.5, 0.6) is 0 Å². The van der Waals surface area contributed by atoms with Crippen LogP contribution in [0.15, 0.2) is 36.9 Å². The molecule has 0 aliphatic carbocycles. The molecule has 0 aliphatic heterocycles. The van der Waals surface area contributed by atoms with Gasteiger partial charge in [0.15, 0.2) is 11.5 Å². The number of imidazole rings is 1. The first-order chi connectivity index (χ1) is 10.2. The molecular formula is C15H18N6. The van der Waals surface area contributed by atoms with Gasteiger partial charge in [-0.1, -0.05) is 24.3 Å². The smallest absolute Gasteiger partial charge is 0.182 e. The lowest BCUT2D eigenvalue weighted by Gasteiger charge is -2.14. The van der Waals surface area contributed by atoms with Crippen LogP contribution >= 0.6 is 0 Å². The van der Waals surface area contributed by atoms with E-state index in [-0.39, 0.29) is 0 Å². The Balaban J connectivity index is 1.80. The van der Waals surface area contributed by atoms with Gasteiger partial charge < -0.3 is 15.2 Å². The predicted octanol–water partition coefficient (Wildman–Crippen LogP) is 2.03. The molecule has 0 saturated carbocycles. The summed E-state index contributed by atoms with van der Waals surface area (Å²) in [6, 6.07) is 8.42. The lowest BCUT2D eigenvalue weighted by atomic mass is 10.1. The van der Waals surface area contributed by atoms with Gasteiger partial charge in [-0.25, -0.2) is 15.0 Å². The molecule has 6 nitrogen and oxygen atoms in total. The quantitative estimate of drug-likeness (QED) is 0.749. The van der Waals surface area contributed by atoms with Gasteiger partial charge in [-0.05, 0) is 25.2 Å². The van der Waals surface area contributed by atoms with Gasteiger partial charge in [0.2, 0.25) is 0 Å². The minimum Gasteiger partial charge on any atom is -0.364 e. The van der Waals surface area contributed by atoms with Gasteiger partial charge in [0.05, 0.1) is 6.33 Å². The number of benzene rings is 1. The highest BCUT2D eigenvalue weighted by Crippen LogP contribution is 2.17. The minimum absolute atomic E-state index is 0.675. The monoisotopic (exact) mass is 282 g/mol. The molecule has 0 aliphatic rings. The number of nitrogens with one attached hydrogen (secondary N) is 2. The molecule has 0 radical (unpaired) electrons.